The highest BCUT2D eigenvalue weighted by Crippen LogP contribution is 2.00. The average molecular weight is 184 g/mol. The molecule has 0 saturated carbocycles. The number of ether oxygens (including phenoxy) is 1. The maximum Gasteiger partial charge on any atom is 0.306 e. The van der Waals surface area contributed by atoms with Gasteiger partial charge in [0.05, 0.1) is 0 Å². The molecule has 13 heavy (non-hydrogen) atoms. The van der Waals surface area contributed by atoms with Gasteiger partial charge in [0.1, 0.15) is 6.61 Å². The van der Waals surface area contributed by atoms with Crippen molar-refractivity contribution in [2.24, 2.45) is 5.92 Å². The summed E-state index contributed by atoms with van der Waals surface area (Å²) in [4.78, 5) is 11.0. The first kappa shape index (κ1) is 12.2. The van der Waals surface area contributed by atoms with E-state index in [1.165, 1.54) is 0 Å². The van der Waals surface area contributed by atoms with E-state index in [9.17, 15) is 4.79 Å². The highest BCUT2D eigenvalue weighted by molar-refractivity contribution is 5.69. The summed E-state index contributed by atoms with van der Waals surface area (Å²) in [6.07, 6.45) is 6.66. The van der Waals surface area contributed by atoms with Crippen LogP contribution in [-0.2, 0) is 9.53 Å². The van der Waals surface area contributed by atoms with Crippen LogP contribution in [0.15, 0.2) is 12.2 Å². The summed E-state index contributed by atoms with van der Waals surface area (Å²) in [5, 5.41) is 0. The Bertz CT molecular complexity index is 159. The van der Waals surface area contributed by atoms with Gasteiger partial charge in [0, 0.05) is 6.42 Å². The summed E-state index contributed by atoms with van der Waals surface area (Å²) in [5.74, 6) is 0.281. The number of esters is 1. The lowest BCUT2D eigenvalue weighted by atomic mass is 10.1. The standard InChI is InChI=1S/C11H20O2/c1-4-5-6-7-8-13-11(12)9-10(2)3/h6-7,10H,4-5,8-9H2,1-3H3/b7-6-. The molecule has 2 heteroatoms. The fourth-order valence-electron chi connectivity index (χ4n) is 0.886. The first-order valence-electron chi connectivity index (χ1n) is 4.97. The van der Waals surface area contributed by atoms with Gasteiger partial charge in [-0.2, -0.15) is 0 Å². The Labute approximate surface area is 81.0 Å². The van der Waals surface area contributed by atoms with Gasteiger partial charge in [-0.3, -0.25) is 4.79 Å². The van der Waals surface area contributed by atoms with Crippen LogP contribution in [0.2, 0.25) is 0 Å². The molecule has 0 aromatic heterocycles. The molecule has 0 spiro atoms. The molecule has 0 aromatic carbocycles. The topological polar surface area (TPSA) is 26.3 Å². The lowest BCUT2D eigenvalue weighted by molar-refractivity contribution is -0.143. The van der Waals surface area contributed by atoms with Crippen molar-refractivity contribution in [3.8, 4) is 0 Å². The zero-order valence-corrected chi connectivity index (χ0v) is 8.88. The van der Waals surface area contributed by atoms with E-state index >= 15 is 0 Å². The molecule has 0 aliphatic carbocycles. The highest BCUT2D eigenvalue weighted by atomic mass is 16.5. The van der Waals surface area contributed by atoms with E-state index in [1.807, 2.05) is 26.0 Å². The van der Waals surface area contributed by atoms with E-state index < -0.39 is 0 Å². The van der Waals surface area contributed by atoms with Gasteiger partial charge in [0.2, 0.25) is 0 Å². The Hall–Kier alpha value is -0.790. The van der Waals surface area contributed by atoms with Gasteiger partial charge in [-0.15, -0.1) is 0 Å². The van der Waals surface area contributed by atoms with E-state index in [0.717, 1.165) is 12.8 Å². The summed E-state index contributed by atoms with van der Waals surface area (Å²) in [6, 6.07) is 0. The second kappa shape index (κ2) is 7.84. The molecule has 76 valence electrons. The van der Waals surface area contributed by atoms with Crippen LogP contribution in [0.1, 0.15) is 40.0 Å². The molecule has 0 aliphatic heterocycles. The van der Waals surface area contributed by atoms with E-state index in [2.05, 4.69) is 6.92 Å². The van der Waals surface area contributed by atoms with Crippen LogP contribution in [0.4, 0.5) is 0 Å². The molecule has 0 fully saturated rings. The molecule has 0 saturated heterocycles. The Balaban J connectivity index is 3.36. The number of carbonyl (C=O) groups is 1. The van der Waals surface area contributed by atoms with E-state index in [-0.39, 0.29) is 5.97 Å². The zero-order valence-electron chi connectivity index (χ0n) is 8.88. The first-order valence-corrected chi connectivity index (χ1v) is 4.97. The number of carbonyl (C=O) groups excluding carboxylic acids is 1. The van der Waals surface area contributed by atoms with Crippen LogP contribution in [0, 0.1) is 5.92 Å². The maximum atomic E-state index is 11.0. The summed E-state index contributed by atoms with van der Waals surface area (Å²) in [5.41, 5.74) is 0. The lowest BCUT2D eigenvalue weighted by Crippen LogP contribution is -2.07. The summed E-state index contributed by atoms with van der Waals surface area (Å²) >= 11 is 0. The predicted octanol–water partition coefficient (Wildman–Crippen LogP) is 2.93. The summed E-state index contributed by atoms with van der Waals surface area (Å²) in [6.45, 7) is 6.56. The van der Waals surface area contributed by atoms with Gasteiger partial charge < -0.3 is 4.74 Å². The average Bonchev–Trinajstić information content (AvgIpc) is 2.02. The maximum absolute atomic E-state index is 11.0. The highest BCUT2D eigenvalue weighted by Gasteiger charge is 2.03. The van der Waals surface area contributed by atoms with Crippen molar-refractivity contribution in [2.75, 3.05) is 6.61 Å². The minimum atomic E-state index is -0.101. The molecule has 0 aromatic rings. The zero-order chi connectivity index (χ0) is 10.1. The number of allylic oxidation sites excluding steroid dienone is 1. The first-order chi connectivity index (χ1) is 6.16. The fraction of sp³-hybridized carbons (Fsp3) is 0.727. The molecule has 0 N–H and O–H groups in total. The van der Waals surface area contributed by atoms with Gasteiger partial charge in [-0.1, -0.05) is 39.3 Å². The number of hydrogen-bond acceptors (Lipinski definition) is 2. The van der Waals surface area contributed by atoms with Crippen molar-refractivity contribution < 1.29 is 9.53 Å². The van der Waals surface area contributed by atoms with Crippen LogP contribution in [-0.4, -0.2) is 12.6 Å². The van der Waals surface area contributed by atoms with Crippen LogP contribution in [0.5, 0.6) is 0 Å². The molecule has 0 bridgehead atoms. The van der Waals surface area contributed by atoms with Crippen LogP contribution >= 0.6 is 0 Å². The van der Waals surface area contributed by atoms with Crippen molar-refractivity contribution in [2.45, 2.75) is 40.0 Å². The quantitative estimate of drug-likeness (QED) is 0.468. The van der Waals surface area contributed by atoms with Gasteiger partial charge in [-0.05, 0) is 12.3 Å². The summed E-state index contributed by atoms with van der Waals surface area (Å²) in [7, 11) is 0. The molecule has 0 atom stereocenters. The molecule has 2 nitrogen and oxygen atoms in total. The molecular formula is C11H20O2. The normalized spacial score (nSPS) is 11.1. The third-order valence-electron chi connectivity index (χ3n) is 1.54. The summed E-state index contributed by atoms with van der Waals surface area (Å²) < 4.78 is 4.97. The van der Waals surface area contributed by atoms with E-state index in [1.54, 1.807) is 0 Å². The van der Waals surface area contributed by atoms with Gasteiger partial charge in [0.15, 0.2) is 0 Å². The second-order valence-corrected chi connectivity index (χ2v) is 3.54. The van der Waals surface area contributed by atoms with Crippen LogP contribution in [0.25, 0.3) is 0 Å². The SMILES string of the molecule is CCC/C=C\COC(=O)CC(C)C. The molecule has 0 rings (SSSR count). The second-order valence-electron chi connectivity index (χ2n) is 3.54. The Morgan fingerprint density at radius 2 is 2.08 bits per heavy atom. The van der Waals surface area contributed by atoms with Crippen LogP contribution < -0.4 is 0 Å². The number of unbranched alkanes of at least 4 members (excludes halogenated alkanes) is 1. The van der Waals surface area contributed by atoms with E-state index in [4.69, 9.17) is 4.74 Å². The molecule has 0 heterocycles. The Morgan fingerprint density at radius 3 is 2.62 bits per heavy atom. The van der Waals surface area contributed by atoms with Crippen molar-refractivity contribution in [3.05, 3.63) is 12.2 Å². The number of hydrogen-bond donors (Lipinski definition) is 0. The Kier molecular flexibility index (Phi) is 7.36. The van der Waals surface area contributed by atoms with Crippen molar-refractivity contribution in [1.29, 1.82) is 0 Å². The minimum absolute atomic E-state index is 0.101. The van der Waals surface area contributed by atoms with Gasteiger partial charge in [0.25, 0.3) is 0 Å². The fourth-order valence-corrected chi connectivity index (χ4v) is 0.886. The molecule has 0 unspecified atom stereocenters. The van der Waals surface area contributed by atoms with Crippen molar-refractivity contribution in [3.63, 3.8) is 0 Å². The predicted molar refractivity (Wildman–Crippen MR) is 54.5 cm³/mol. The molecular weight excluding hydrogens is 164 g/mol. The third-order valence-corrected chi connectivity index (χ3v) is 1.54. The molecule has 0 amide bonds. The largest absolute Gasteiger partial charge is 0.461 e. The third kappa shape index (κ3) is 9.12. The van der Waals surface area contributed by atoms with Crippen LogP contribution in [0.3, 0.4) is 0 Å². The molecule has 0 radical (unpaired) electrons. The number of rotatable bonds is 6. The Morgan fingerprint density at radius 1 is 1.38 bits per heavy atom. The van der Waals surface area contributed by atoms with Crippen molar-refractivity contribution in [1.82, 2.24) is 0 Å². The monoisotopic (exact) mass is 184 g/mol. The molecule has 0 aliphatic rings. The van der Waals surface area contributed by atoms with E-state index in [0.29, 0.717) is 18.9 Å². The lowest BCUT2D eigenvalue weighted by Gasteiger charge is -2.03. The van der Waals surface area contributed by atoms with Gasteiger partial charge in [-0.25, -0.2) is 0 Å². The van der Waals surface area contributed by atoms with Crippen molar-refractivity contribution >= 4 is 5.97 Å². The van der Waals surface area contributed by atoms with Gasteiger partial charge >= 0.3 is 5.97 Å². The smallest absolute Gasteiger partial charge is 0.306 e. The minimum Gasteiger partial charge on any atom is -0.461 e.